The minimum absolute atomic E-state index is 0.467. The molecule has 108 valence electrons. The number of carbonyl (C=O) groups is 2. The molecule has 1 rings (SSSR count). The Morgan fingerprint density at radius 1 is 1.20 bits per heavy atom. The summed E-state index contributed by atoms with van der Waals surface area (Å²) in [4.78, 5) is 22.6. The fourth-order valence-corrected chi connectivity index (χ4v) is 1.35. The zero-order chi connectivity index (χ0) is 14.8. The number of hydrazone groups is 1. The van der Waals surface area contributed by atoms with Crippen molar-refractivity contribution in [2.45, 2.75) is 20.3 Å². The summed E-state index contributed by atoms with van der Waals surface area (Å²) < 4.78 is 5.31. The second kappa shape index (κ2) is 8.68. The van der Waals surface area contributed by atoms with Crippen molar-refractivity contribution in [3.05, 3.63) is 29.8 Å². The Labute approximate surface area is 118 Å². The Hall–Kier alpha value is -2.37. The van der Waals surface area contributed by atoms with Gasteiger partial charge < -0.3 is 10.1 Å². The Morgan fingerprint density at radius 2 is 1.90 bits per heavy atom. The van der Waals surface area contributed by atoms with Crippen molar-refractivity contribution in [2.24, 2.45) is 5.10 Å². The van der Waals surface area contributed by atoms with Gasteiger partial charge in [0.25, 0.3) is 0 Å². The number of hydrogen-bond donors (Lipinski definition) is 2. The van der Waals surface area contributed by atoms with Crippen molar-refractivity contribution in [1.29, 1.82) is 0 Å². The molecule has 0 saturated heterocycles. The van der Waals surface area contributed by atoms with Gasteiger partial charge in [-0.2, -0.15) is 5.10 Å². The van der Waals surface area contributed by atoms with Crippen molar-refractivity contribution < 1.29 is 14.3 Å². The van der Waals surface area contributed by atoms with Crippen LogP contribution >= 0.6 is 0 Å². The minimum Gasteiger partial charge on any atom is -0.494 e. The summed E-state index contributed by atoms with van der Waals surface area (Å²) in [5.41, 5.74) is 2.96. The lowest BCUT2D eigenvalue weighted by molar-refractivity contribution is -0.139. The molecule has 0 saturated carbocycles. The third kappa shape index (κ3) is 5.51. The molecule has 0 aliphatic heterocycles. The summed E-state index contributed by atoms with van der Waals surface area (Å²) in [5, 5.41) is 6.18. The van der Waals surface area contributed by atoms with E-state index in [4.69, 9.17) is 4.74 Å². The van der Waals surface area contributed by atoms with Crippen molar-refractivity contribution in [2.75, 3.05) is 13.2 Å². The maximum absolute atomic E-state index is 11.3. The molecule has 0 aliphatic carbocycles. The van der Waals surface area contributed by atoms with Crippen molar-refractivity contribution in [3.8, 4) is 5.75 Å². The molecule has 1 aromatic rings. The lowest BCUT2D eigenvalue weighted by atomic mass is 10.2. The zero-order valence-corrected chi connectivity index (χ0v) is 11.7. The predicted molar refractivity (Wildman–Crippen MR) is 76.6 cm³/mol. The molecule has 0 aromatic heterocycles. The van der Waals surface area contributed by atoms with Crippen molar-refractivity contribution >= 4 is 18.0 Å². The lowest BCUT2D eigenvalue weighted by Crippen LogP contribution is -2.38. The maximum atomic E-state index is 11.3. The van der Waals surface area contributed by atoms with Crippen LogP contribution in [-0.2, 0) is 9.59 Å². The Kier molecular flexibility index (Phi) is 6.81. The molecule has 20 heavy (non-hydrogen) atoms. The van der Waals surface area contributed by atoms with Crippen LogP contribution < -0.4 is 15.5 Å². The van der Waals surface area contributed by atoms with Gasteiger partial charge in [0, 0.05) is 6.54 Å². The first kappa shape index (κ1) is 15.7. The highest BCUT2D eigenvalue weighted by atomic mass is 16.5. The largest absolute Gasteiger partial charge is 0.494 e. The number of hydrogen-bond acceptors (Lipinski definition) is 4. The van der Waals surface area contributed by atoms with Crippen LogP contribution in [0.5, 0.6) is 5.75 Å². The Bertz CT molecular complexity index is 469. The molecule has 6 heteroatoms. The van der Waals surface area contributed by atoms with Crippen LogP contribution in [0, 0.1) is 0 Å². The standard InChI is InChI=1S/C14H19N3O3/c1-3-9-15-13(18)14(19)17-16-10-11-5-7-12(8-6-11)20-4-2/h5-8,10H,3-4,9H2,1-2H3,(H,15,18)(H,17,19)/b16-10-. The Morgan fingerprint density at radius 3 is 2.50 bits per heavy atom. The van der Waals surface area contributed by atoms with Crippen LogP contribution in [0.15, 0.2) is 29.4 Å². The first-order chi connectivity index (χ1) is 9.67. The first-order valence-electron chi connectivity index (χ1n) is 6.51. The molecule has 0 aliphatic rings. The molecular formula is C14H19N3O3. The zero-order valence-electron chi connectivity index (χ0n) is 11.7. The van der Waals surface area contributed by atoms with Crippen molar-refractivity contribution in [1.82, 2.24) is 10.7 Å². The molecular weight excluding hydrogens is 258 g/mol. The fourth-order valence-electron chi connectivity index (χ4n) is 1.35. The normalized spacial score (nSPS) is 10.3. The molecule has 0 spiro atoms. The van der Waals surface area contributed by atoms with Crippen molar-refractivity contribution in [3.63, 3.8) is 0 Å². The van der Waals surface area contributed by atoms with Gasteiger partial charge in [-0.3, -0.25) is 9.59 Å². The van der Waals surface area contributed by atoms with Gasteiger partial charge in [-0.05, 0) is 43.2 Å². The summed E-state index contributed by atoms with van der Waals surface area (Å²) >= 11 is 0. The van der Waals surface area contributed by atoms with Gasteiger partial charge in [0.1, 0.15) is 5.75 Å². The number of ether oxygens (including phenoxy) is 1. The summed E-state index contributed by atoms with van der Waals surface area (Å²) in [7, 11) is 0. The van der Waals surface area contributed by atoms with E-state index in [0.29, 0.717) is 13.2 Å². The monoisotopic (exact) mass is 277 g/mol. The number of nitrogens with one attached hydrogen (secondary N) is 2. The summed E-state index contributed by atoms with van der Waals surface area (Å²) in [5.74, 6) is -0.691. The van der Waals surface area contributed by atoms with E-state index < -0.39 is 11.8 Å². The van der Waals surface area contributed by atoms with Gasteiger partial charge in [0.15, 0.2) is 0 Å². The average Bonchev–Trinajstić information content (AvgIpc) is 2.46. The first-order valence-corrected chi connectivity index (χ1v) is 6.51. The third-order valence-electron chi connectivity index (χ3n) is 2.31. The molecule has 1 aromatic carbocycles. The molecule has 0 atom stereocenters. The van der Waals surface area contributed by atoms with Crippen LogP contribution in [-0.4, -0.2) is 31.2 Å². The number of carbonyl (C=O) groups excluding carboxylic acids is 2. The molecule has 0 unspecified atom stereocenters. The van der Waals surface area contributed by atoms with Gasteiger partial charge in [-0.15, -0.1) is 0 Å². The van der Waals surface area contributed by atoms with Crippen LogP contribution in [0.25, 0.3) is 0 Å². The quantitative estimate of drug-likeness (QED) is 0.463. The highest BCUT2D eigenvalue weighted by Crippen LogP contribution is 2.10. The molecule has 0 fully saturated rings. The van der Waals surface area contributed by atoms with E-state index in [1.54, 1.807) is 24.3 Å². The van der Waals surface area contributed by atoms with E-state index in [2.05, 4.69) is 15.8 Å². The number of amides is 2. The lowest BCUT2D eigenvalue weighted by Gasteiger charge is -2.02. The summed E-state index contributed by atoms with van der Waals surface area (Å²) in [6.07, 6.45) is 2.23. The second-order valence-electron chi connectivity index (χ2n) is 3.96. The summed E-state index contributed by atoms with van der Waals surface area (Å²) in [6, 6.07) is 7.22. The van der Waals surface area contributed by atoms with E-state index in [1.807, 2.05) is 13.8 Å². The van der Waals surface area contributed by atoms with E-state index in [-0.39, 0.29) is 0 Å². The van der Waals surface area contributed by atoms with E-state index in [1.165, 1.54) is 6.21 Å². The van der Waals surface area contributed by atoms with Gasteiger partial charge in [0.2, 0.25) is 0 Å². The summed E-state index contributed by atoms with van der Waals surface area (Å²) in [6.45, 7) is 4.89. The van der Waals surface area contributed by atoms with E-state index in [9.17, 15) is 9.59 Å². The predicted octanol–water partition coefficient (Wildman–Crippen LogP) is 1.06. The molecule has 0 heterocycles. The van der Waals surface area contributed by atoms with Crippen LogP contribution in [0.3, 0.4) is 0 Å². The second-order valence-corrected chi connectivity index (χ2v) is 3.96. The van der Waals surface area contributed by atoms with Gasteiger partial charge >= 0.3 is 11.8 Å². The topological polar surface area (TPSA) is 79.8 Å². The molecule has 6 nitrogen and oxygen atoms in total. The number of rotatable bonds is 6. The highest BCUT2D eigenvalue weighted by Gasteiger charge is 2.10. The number of nitrogens with zero attached hydrogens (tertiary/aromatic N) is 1. The van der Waals surface area contributed by atoms with Gasteiger partial charge in [-0.1, -0.05) is 6.92 Å². The smallest absolute Gasteiger partial charge is 0.329 e. The van der Waals surface area contributed by atoms with Gasteiger partial charge in [-0.25, -0.2) is 5.43 Å². The van der Waals surface area contributed by atoms with Crippen LogP contribution in [0.4, 0.5) is 0 Å². The SMILES string of the molecule is CCCNC(=O)C(=O)N/N=C\c1ccc(OCC)cc1. The molecule has 0 radical (unpaired) electrons. The van der Waals surface area contributed by atoms with Crippen LogP contribution in [0.2, 0.25) is 0 Å². The highest BCUT2D eigenvalue weighted by molar-refractivity contribution is 6.35. The minimum atomic E-state index is -0.777. The van der Waals surface area contributed by atoms with Crippen LogP contribution in [0.1, 0.15) is 25.8 Å². The number of benzene rings is 1. The van der Waals surface area contributed by atoms with E-state index in [0.717, 1.165) is 17.7 Å². The third-order valence-corrected chi connectivity index (χ3v) is 2.31. The maximum Gasteiger partial charge on any atom is 0.329 e. The molecule has 2 amide bonds. The van der Waals surface area contributed by atoms with Gasteiger partial charge in [0.05, 0.1) is 12.8 Å². The molecule has 2 N–H and O–H groups in total. The average molecular weight is 277 g/mol. The Balaban J connectivity index is 2.44. The van der Waals surface area contributed by atoms with E-state index >= 15 is 0 Å². The molecule has 0 bridgehead atoms. The fraction of sp³-hybridized carbons (Fsp3) is 0.357.